The zero-order chi connectivity index (χ0) is 28.6. The molecule has 204 valence electrons. The number of para-hydroxylation sites is 1. The highest BCUT2D eigenvalue weighted by Crippen LogP contribution is 2.43. The van der Waals surface area contributed by atoms with E-state index < -0.39 is 6.17 Å². The third-order valence-electron chi connectivity index (χ3n) is 7.96. The molecule has 1 N–H and O–H groups in total. The third kappa shape index (κ3) is 4.50. The van der Waals surface area contributed by atoms with Gasteiger partial charge in [-0.3, -0.25) is 0 Å². The molecule has 6 aromatic carbocycles. The molecule has 0 amide bonds. The second-order valence-corrected chi connectivity index (χ2v) is 10.6. The summed E-state index contributed by atoms with van der Waals surface area (Å²) in [6.45, 7) is 0. The summed E-state index contributed by atoms with van der Waals surface area (Å²) in [7, 11) is 0. The summed E-state index contributed by atoms with van der Waals surface area (Å²) in [6, 6.07) is 52.0. The van der Waals surface area contributed by atoms with E-state index in [0.29, 0.717) is 0 Å². The number of hydrogen-bond donors (Lipinski definition) is 1. The quantitative estimate of drug-likeness (QED) is 0.231. The highest BCUT2D eigenvalue weighted by molar-refractivity contribution is 6.16. The molecular formula is C39H27N3O. The van der Waals surface area contributed by atoms with Crippen LogP contribution >= 0.6 is 0 Å². The van der Waals surface area contributed by atoms with Crippen molar-refractivity contribution in [3.63, 3.8) is 0 Å². The van der Waals surface area contributed by atoms with Gasteiger partial charge in [-0.05, 0) is 11.1 Å². The first-order valence-electron chi connectivity index (χ1n) is 14.5. The maximum Gasteiger partial charge on any atom is 0.170 e. The minimum atomic E-state index is -0.479. The molecule has 2 heterocycles. The number of fused-ring (bicyclic) bond motifs is 3. The van der Waals surface area contributed by atoms with Gasteiger partial charge in [0.25, 0.3) is 0 Å². The van der Waals surface area contributed by atoms with Crippen molar-refractivity contribution in [3.05, 3.63) is 168 Å². The van der Waals surface area contributed by atoms with Crippen molar-refractivity contribution in [1.29, 1.82) is 0 Å². The molecule has 7 aromatic rings. The fourth-order valence-corrected chi connectivity index (χ4v) is 5.91. The predicted molar refractivity (Wildman–Crippen MR) is 176 cm³/mol. The maximum absolute atomic E-state index is 6.87. The average Bonchev–Trinajstić information content (AvgIpc) is 3.48. The first-order chi connectivity index (χ1) is 21.3. The van der Waals surface area contributed by atoms with Crippen molar-refractivity contribution in [3.8, 4) is 22.3 Å². The lowest BCUT2D eigenvalue weighted by atomic mass is 9.94. The normalized spacial score (nSPS) is 13.5. The summed E-state index contributed by atoms with van der Waals surface area (Å²) in [5, 5.41) is 5.67. The molecule has 0 spiro atoms. The summed E-state index contributed by atoms with van der Waals surface area (Å²) >= 11 is 0. The Morgan fingerprint density at radius 1 is 0.442 bits per heavy atom. The van der Waals surface area contributed by atoms with Crippen LogP contribution in [0.15, 0.2) is 166 Å². The molecule has 0 atom stereocenters. The van der Waals surface area contributed by atoms with Crippen LogP contribution in [0.1, 0.15) is 22.9 Å². The van der Waals surface area contributed by atoms with E-state index in [-0.39, 0.29) is 0 Å². The van der Waals surface area contributed by atoms with Gasteiger partial charge in [-0.2, -0.15) is 0 Å². The third-order valence-corrected chi connectivity index (χ3v) is 7.96. The van der Waals surface area contributed by atoms with Gasteiger partial charge in [0.1, 0.15) is 22.8 Å². The summed E-state index contributed by atoms with van der Waals surface area (Å²) in [6.07, 6.45) is -0.479. The SMILES string of the molecule is c1ccc(C2=NC(c3ccc4c(oc5c(-c6ccccc6)cccc54)c3-c3ccccc3)N=C(c3ccccc3)N2)cc1. The molecule has 0 saturated carbocycles. The zero-order valence-corrected chi connectivity index (χ0v) is 23.3. The highest BCUT2D eigenvalue weighted by Gasteiger charge is 2.26. The minimum absolute atomic E-state index is 0.479. The van der Waals surface area contributed by atoms with Crippen LogP contribution in [-0.2, 0) is 0 Å². The number of furan rings is 1. The minimum Gasteiger partial charge on any atom is -0.455 e. The van der Waals surface area contributed by atoms with Gasteiger partial charge in [-0.25, -0.2) is 9.98 Å². The van der Waals surface area contributed by atoms with Crippen molar-refractivity contribution in [2.45, 2.75) is 6.17 Å². The molecule has 0 aliphatic carbocycles. The molecule has 0 radical (unpaired) electrons. The summed E-state index contributed by atoms with van der Waals surface area (Å²) < 4.78 is 6.87. The largest absolute Gasteiger partial charge is 0.455 e. The number of benzene rings is 6. The van der Waals surface area contributed by atoms with Crippen molar-refractivity contribution in [2.75, 3.05) is 0 Å². The Kier molecular flexibility index (Phi) is 6.16. The topological polar surface area (TPSA) is 49.9 Å². The Labute approximate surface area is 249 Å². The summed E-state index contributed by atoms with van der Waals surface area (Å²) in [5.41, 5.74) is 9.00. The van der Waals surface area contributed by atoms with Crippen LogP contribution in [-0.4, -0.2) is 11.7 Å². The van der Waals surface area contributed by atoms with Crippen LogP contribution in [0, 0.1) is 0 Å². The van der Waals surface area contributed by atoms with E-state index in [9.17, 15) is 0 Å². The van der Waals surface area contributed by atoms with Gasteiger partial charge in [0.05, 0.1) is 0 Å². The van der Waals surface area contributed by atoms with E-state index in [2.05, 4.69) is 108 Å². The summed E-state index contributed by atoms with van der Waals surface area (Å²) in [5.74, 6) is 1.57. The highest BCUT2D eigenvalue weighted by atomic mass is 16.3. The lowest BCUT2D eigenvalue weighted by molar-refractivity contribution is 0.668. The number of nitrogens with one attached hydrogen (secondary N) is 1. The number of aliphatic imine (C=N–C) groups is 2. The van der Waals surface area contributed by atoms with Crippen LogP contribution in [0.2, 0.25) is 0 Å². The number of hydrogen-bond acceptors (Lipinski definition) is 4. The molecule has 0 unspecified atom stereocenters. The fourth-order valence-electron chi connectivity index (χ4n) is 5.91. The molecule has 0 bridgehead atoms. The van der Waals surface area contributed by atoms with Gasteiger partial charge in [0.15, 0.2) is 6.17 Å². The smallest absolute Gasteiger partial charge is 0.170 e. The van der Waals surface area contributed by atoms with Crippen molar-refractivity contribution in [1.82, 2.24) is 5.32 Å². The van der Waals surface area contributed by atoms with E-state index in [1.165, 1.54) is 0 Å². The van der Waals surface area contributed by atoms with Crippen LogP contribution < -0.4 is 5.32 Å². The van der Waals surface area contributed by atoms with Gasteiger partial charge in [0.2, 0.25) is 0 Å². The molecule has 1 aliphatic heterocycles. The average molecular weight is 554 g/mol. The monoisotopic (exact) mass is 553 g/mol. The van der Waals surface area contributed by atoms with Gasteiger partial charge < -0.3 is 9.73 Å². The van der Waals surface area contributed by atoms with Gasteiger partial charge in [-0.15, -0.1) is 0 Å². The Morgan fingerprint density at radius 2 is 0.953 bits per heavy atom. The standard InChI is InChI=1S/C39H27N3O/c1-5-14-26(15-6-1)30-22-13-23-31-32-24-25-33(34(36(32)43-35(30)31)27-16-7-2-8-17-27)39-41-37(28-18-9-3-10-19-28)40-38(42-39)29-20-11-4-12-21-29/h1-25,39H,(H,40,41,42). The number of amidine groups is 2. The van der Waals surface area contributed by atoms with Crippen LogP contribution in [0.4, 0.5) is 0 Å². The number of rotatable bonds is 5. The molecule has 8 rings (SSSR count). The summed E-state index contributed by atoms with van der Waals surface area (Å²) in [4.78, 5) is 10.4. The molecule has 43 heavy (non-hydrogen) atoms. The van der Waals surface area contributed by atoms with Crippen LogP contribution in [0.3, 0.4) is 0 Å². The second-order valence-electron chi connectivity index (χ2n) is 10.6. The van der Waals surface area contributed by atoms with Crippen molar-refractivity contribution >= 4 is 33.6 Å². The van der Waals surface area contributed by atoms with E-state index in [1.807, 2.05) is 48.5 Å². The Morgan fingerprint density at radius 3 is 1.53 bits per heavy atom. The first kappa shape index (κ1) is 25.0. The molecule has 1 aliphatic rings. The van der Waals surface area contributed by atoms with E-state index in [1.54, 1.807) is 0 Å². The molecule has 4 nitrogen and oxygen atoms in total. The van der Waals surface area contributed by atoms with E-state index >= 15 is 0 Å². The van der Waals surface area contributed by atoms with Gasteiger partial charge in [-0.1, -0.05) is 152 Å². The predicted octanol–water partition coefficient (Wildman–Crippen LogP) is 9.42. The zero-order valence-electron chi connectivity index (χ0n) is 23.3. The molecule has 0 fully saturated rings. The van der Waals surface area contributed by atoms with Crippen molar-refractivity contribution < 1.29 is 4.42 Å². The second kappa shape index (κ2) is 10.6. The molecular weight excluding hydrogens is 526 g/mol. The van der Waals surface area contributed by atoms with E-state index in [0.717, 1.165) is 72.6 Å². The Balaban J connectivity index is 1.39. The lowest BCUT2D eigenvalue weighted by Gasteiger charge is -2.24. The van der Waals surface area contributed by atoms with Crippen LogP contribution in [0.5, 0.6) is 0 Å². The molecule has 1 aromatic heterocycles. The first-order valence-corrected chi connectivity index (χ1v) is 14.5. The van der Waals surface area contributed by atoms with Crippen LogP contribution in [0.25, 0.3) is 44.2 Å². The van der Waals surface area contributed by atoms with Crippen molar-refractivity contribution in [2.24, 2.45) is 9.98 Å². The van der Waals surface area contributed by atoms with E-state index in [4.69, 9.17) is 14.4 Å². The Hall–Kier alpha value is -5.74. The number of nitrogens with zero attached hydrogens (tertiary/aromatic N) is 2. The van der Waals surface area contributed by atoms with Gasteiger partial charge >= 0.3 is 0 Å². The molecule has 0 saturated heterocycles. The fraction of sp³-hybridized carbons (Fsp3) is 0.0256. The Bertz CT molecular complexity index is 2080. The maximum atomic E-state index is 6.87. The van der Waals surface area contributed by atoms with Gasteiger partial charge in [0, 0.05) is 38.6 Å². The lowest BCUT2D eigenvalue weighted by Crippen LogP contribution is -2.36. The molecule has 4 heteroatoms.